The molecule has 0 atom stereocenters. The molecule has 1 N–H and O–H groups in total. The van der Waals surface area contributed by atoms with Gasteiger partial charge in [0.15, 0.2) is 5.82 Å². The third-order valence-electron chi connectivity index (χ3n) is 3.91. The lowest BCUT2D eigenvalue weighted by Crippen LogP contribution is -2.25. The fourth-order valence-electron chi connectivity index (χ4n) is 2.41. The maximum atomic E-state index is 12.0. The van der Waals surface area contributed by atoms with Crippen LogP contribution in [0.2, 0.25) is 0 Å². The van der Waals surface area contributed by atoms with Gasteiger partial charge in [-0.1, -0.05) is 30.3 Å². The third-order valence-corrected chi connectivity index (χ3v) is 3.91. The molecule has 1 aromatic heterocycles. The van der Waals surface area contributed by atoms with Gasteiger partial charge in [-0.2, -0.15) is 4.98 Å². The molecule has 2 aromatic carbocycles. The van der Waals surface area contributed by atoms with Gasteiger partial charge >= 0.3 is 0 Å². The lowest BCUT2D eigenvalue weighted by Gasteiger charge is -2.07. The Labute approximate surface area is 145 Å². The third kappa shape index (κ3) is 3.83. The minimum atomic E-state index is -0.0314. The minimum Gasteiger partial charge on any atom is -0.439 e. The minimum absolute atomic E-state index is 0.0314. The van der Waals surface area contributed by atoms with Gasteiger partial charge in [0.2, 0.25) is 5.88 Å². The van der Waals surface area contributed by atoms with Crippen LogP contribution >= 0.6 is 0 Å². The van der Waals surface area contributed by atoms with E-state index >= 15 is 0 Å². The van der Waals surface area contributed by atoms with E-state index in [4.69, 9.17) is 4.74 Å². The molecule has 4 rings (SSSR count). The lowest BCUT2D eigenvalue weighted by atomic mass is 10.1. The highest BCUT2D eigenvalue weighted by Gasteiger charge is 2.23. The maximum absolute atomic E-state index is 12.0. The highest BCUT2D eigenvalue weighted by Crippen LogP contribution is 2.23. The summed E-state index contributed by atoms with van der Waals surface area (Å²) in [4.78, 5) is 20.8. The normalized spacial score (nSPS) is 13.3. The number of hydrogen-bond donors (Lipinski definition) is 1. The number of rotatable bonds is 5. The fraction of sp³-hybridized carbons (Fsp3) is 0.150. The fourth-order valence-corrected chi connectivity index (χ4v) is 2.41. The summed E-state index contributed by atoms with van der Waals surface area (Å²) in [7, 11) is 0. The van der Waals surface area contributed by atoms with Crippen LogP contribution in [0.1, 0.15) is 23.2 Å². The van der Waals surface area contributed by atoms with Gasteiger partial charge in [-0.05, 0) is 37.1 Å². The van der Waals surface area contributed by atoms with Gasteiger partial charge in [-0.15, -0.1) is 0 Å². The molecule has 0 bridgehead atoms. The van der Waals surface area contributed by atoms with Crippen molar-refractivity contribution in [2.75, 3.05) is 0 Å². The van der Waals surface area contributed by atoms with Crippen LogP contribution in [0.25, 0.3) is 11.4 Å². The largest absolute Gasteiger partial charge is 0.439 e. The molecule has 1 amide bonds. The predicted molar refractivity (Wildman–Crippen MR) is 94.5 cm³/mol. The summed E-state index contributed by atoms with van der Waals surface area (Å²) in [5.41, 5.74) is 1.48. The molecule has 25 heavy (non-hydrogen) atoms. The van der Waals surface area contributed by atoms with Crippen LogP contribution in [0, 0.1) is 0 Å². The average molecular weight is 331 g/mol. The van der Waals surface area contributed by atoms with Gasteiger partial charge in [0.25, 0.3) is 5.91 Å². The molecule has 1 heterocycles. The van der Waals surface area contributed by atoms with E-state index in [1.807, 2.05) is 42.5 Å². The van der Waals surface area contributed by atoms with Crippen molar-refractivity contribution in [1.82, 2.24) is 15.3 Å². The SMILES string of the molecule is O=C(NC1CC1)c1ccc(-c2nccc(Oc3ccccc3)n2)cc1. The number of amides is 1. The number of carbonyl (C=O) groups excluding carboxylic acids is 1. The van der Waals surface area contributed by atoms with Crippen molar-refractivity contribution in [1.29, 1.82) is 0 Å². The second kappa shape index (κ2) is 6.73. The summed E-state index contributed by atoms with van der Waals surface area (Å²) in [5, 5.41) is 2.98. The van der Waals surface area contributed by atoms with Crippen LogP contribution in [0.15, 0.2) is 66.9 Å². The number of benzene rings is 2. The molecule has 0 unspecified atom stereocenters. The lowest BCUT2D eigenvalue weighted by molar-refractivity contribution is 0.0951. The second-order valence-electron chi connectivity index (χ2n) is 5.96. The molecule has 5 heteroatoms. The topological polar surface area (TPSA) is 64.1 Å². The maximum Gasteiger partial charge on any atom is 0.251 e. The van der Waals surface area contributed by atoms with Crippen LogP contribution in [0.5, 0.6) is 11.6 Å². The Morgan fingerprint density at radius 1 is 1.00 bits per heavy atom. The zero-order chi connectivity index (χ0) is 17.1. The number of hydrogen-bond acceptors (Lipinski definition) is 4. The molecular formula is C20H17N3O2. The van der Waals surface area contributed by atoms with Gasteiger partial charge in [-0.25, -0.2) is 4.98 Å². The monoisotopic (exact) mass is 331 g/mol. The standard InChI is InChI=1S/C20H17N3O2/c24-20(22-16-10-11-16)15-8-6-14(7-9-15)19-21-13-12-18(23-19)25-17-4-2-1-3-5-17/h1-9,12-13,16H,10-11H2,(H,22,24). The van der Waals surface area contributed by atoms with Crippen LogP contribution in [0.3, 0.4) is 0 Å². The van der Waals surface area contributed by atoms with E-state index in [1.165, 1.54) is 0 Å². The quantitative estimate of drug-likeness (QED) is 0.772. The molecule has 0 saturated heterocycles. The first-order valence-corrected chi connectivity index (χ1v) is 8.25. The first-order chi connectivity index (χ1) is 12.3. The first kappa shape index (κ1) is 15.3. The van der Waals surface area contributed by atoms with E-state index in [0.717, 1.165) is 24.2 Å². The van der Waals surface area contributed by atoms with Gasteiger partial charge in [0.05, 0.1) is 0 Å². The van der Waals surface area contributed by atoms with E-state index in [-0.39, 0.29) is 5.91 Å². The van der Waals surface area contributed by atoms with Crippen LogP contribution in [-0.2, 0) is 0 Å². The van der Waals surface area contributed by atoms with Crippen molar-refractivity contribution in [2.24, 2.45) is 0 Å². The Morgan fingerprint density at radius 2 is 1.76 bits per heavy atom. The molecule has 0 spiro atoms. The van der Waals surface area contributed by atoms with E-state index in [9.17, 15) is 4.79 Å². The average Bonchev–Trinajstić information content (AvgIpc) is 3.47. The Morgan fingerprint density at radius 3 is 2.48 bits per heavy atom. The Hall–Kier alpha value is -3.21. The van der Waals surface area contributed by atoms with Crippen molar-refractivity contribution in [3.05, 3.63) is 72.4 Å². The Kier molecular flexibility index (Phi) is 4.12. The van der Waals surface area contributed by atoms with Gasteiger partial charge in [0.1, 0.15) is 5.75 Å². The summed E-state index contributed by atoms with van der Waals surface area (Å²) in [6, 6.07) is 18.8. The zero-order valence-corrected chi connectivity index (χ0v) is 13.6. The van der Waals surface area contributed by atoms with E-state index < -0.39 is 0 Å². The molecule has 0 radical (unpaired) electrons. The van der Waals surface area contributed by atoms with Crippen LogP contribution < -0.4 is 10.1 Å². The van der Waals surface area contributed by atoms with Gasteiger partial charge in [0, 0.05) is 29.4 Å². The van der Waals surface area contributed by atoms with Crippen molar-refractivity contribution in [3.8, 4) is 23.0 Å². The molecular weight excluding hydrogens is 314 g/mol. The molecule has 1 aliphatic rings. The summed E-state index contributed by atoms with van der Waals surface area (Å²) in [6.07, 6.45) is 3.81. The molecule has 0 aliphatic heterocycles. The summed E-state index contributed by atoms with van der Waals surface area (Å²) >= 11 is 0. The van der Waals surface area contributed by atoms with Gasteiger partial charge < -0.3 is 10.1 Å². The molecule has 1 aliphatic carbocycles. The second-order valence-corrected chi connectivity index (χ2v) is 5.96. The van der Waals surface area contributed by atoms with Crippen molar-refractivity contribution in [2.45, 2.75) is 18.9 Å². The summed E-state index contributed by atoms with van der Waals surface area (Å²) in [6.45, 7) is 0. The number of para-hydroxylation sites is 1. The number of aromatic nitrogens is 2. The number of nitrogens with one attached hydrogen (secondary N) is 1. The van der Waals surface area contributed by atoms with Crippen molar-refractivity contribution >= 4 is 5.91 Å². The number of carbonyl (C=O) groups is 1. The summed E-state index contributed by atoms with van der Waals surface area (Å²) < 4.78 is 5.74. The summed E-state index contributed by atoms with van der Waals surface area (Å²) in [5.74, 6) is 1.73. The predicted octanol–water partition coefficient (Wildman–Crippen LogP) is 3.83. The molecule has 1 saturated carbocycles. The van der Waals surface area contributed by atoms with Crippen molar-refractivity contribution in [3.63, 3.8) is 0 Å². The Bertz CT molecular complexity index is 875. The molecule has 3 aromatic rings. The first-order valence-electron chi connectivity index (χ1n) is 8.25. The molecule has 1 fully saturated rings. The van der Waals surface area contributed by atoms with E-state index in [0.29, 0.717) is 23.3 Å². The van der Waals surface area contributed by atoms with E-state index in [2.05, 4.69) is 15.3 Å². The smallest absolute Gasteiger partial charge is 0.251 e. The zero-order valence-electron chi connectivity index (χ0n) is 13.6. The van der Waals surface area contributed by atoms with Crippen molar-refractivity contribution < 1.29 is 9.53 Å². The molecule has 124 valence electrons. The highest BCUT2D eigenvalue weighted by atomic mass is 16.5. The van der Waals surface area contributed by atoms with Gasteiger partial charge in [-0.3, -0.25) is 4.79 Å². The number of ether oxygens (including phenoxy) is 1. The molecule has 5 nitrogen and oxygen atoms in total. The highest BCUT2D eigenvalue weighted by molar-refractivity contribution is 5.94. The number of nitrogens with zero attached hydrogens (tertiary/aromatic N) is 2. The van der Waals surface area contributed by atoms with E-state index in [1.54, 1.807) is 24.4 Å². The van der Waals surface area contributed by atoms with Crippen LogP contribution in [-0.4, -0.2) is 21.9 Å². The Balaban J connectivity index is 1.51. The van der Waals surface area contributed by atoms with Crippen LogP contribution in [0.4, 0.5) is 0 Å².